The lowest BCUT2D eigenvalue weighted by Crippen LogP contribution is -1.95. The van der Waals surface area contributed by atoms with Gasteiger partial charge in [0.15, 0.2) is 5.82 Å². The van der Waals surface area contributed by atoms with Crippen LogP contribution in [0.25, 0.3) is 110 Å². The molecule has 0 fully saturated rings. The van der Waals surface area contributed by atoms with E-state index in [0.29, 0.717) is 5.82 Å². The van der Waals surface area contributed by atoms with Gasteiger partial charge >= 0.3 is 0 Å². The Bertz CT molecular complexity index is 3260. The summed E-state index contributed by atoms with van der Waals surface area (Å²) in [6, 6.07) is 74.1. The van der Waals surface area contributed by atoms with Gasteiger partial charge in [0.25, 0.3) is 0 Å². The number of benzene rings is 10. The molecule has 0 aliphatic rings. The zero-order valence-corrected chi connectivity index (χ0v) is 30.5. The smallest absolute Gasteiger partial charge is 0.160 e. The minimum atomic E-state index is 0.715. The first kappa shape index (κ1) is 32.0. The Morgan fingerprint density at radius 1 is 0.250 bits per heavy atom. The van der Waals surface area contributed by atoms with Crippen molar-refractivity contribution in [2.75, 3.05) is 0 Å². The van der Waals surface area contributed by atoms with E-state index in [1.807, 2.05) is 6.07 Å². The summed E-state index contributed by atoms with van der Waals surface area (Å²) in [6.07, 6.45) is 0. The second-order valence-corrected chi connectivity index (χ2v) is 14.5. The minimum Gasteiger partial charge on any atom is -0.228 e. The van der Waals surface area contributed by atoms with Gasteiger partial charge in [-0.3, -0.25) is 0 Å². The third kappa shape index (κ3) is 5.42. The number of aromatic nitrogens is 2. The lowest BCUT2D eigenvalue weighted by molar-refractivity contribution is 1.23. The second kappa shape index (κ2) is 13.2. The number of fused-ring (bicyclic) bond motifs is 8. The average Bonchev–Trinajstić information content (AvgIpc) is 3.28. The van der Waals surface area contributed by atoms with Gasteiger partial charge in [-0.25, -0.2) is 9.97 Å². The van der Waals surface area contributed by atoms with Crippen molar-refractivity contribution in [2.24, 2.45) is 0 Å². The summed E-state index contributed by atoms with van der Waals surface area (Å²) in [7, 11) is 0. The van der Waals surface area contributed by atoms with Gasteiger partial charge in [-0.1, -0.05) is 182 Å². The summed E-state index contributed by atoms with van der Waals surface area (Å²) in [5.41, 5.74) is 11.0. The van der Waals surface area contributed by atoms with Crippen LogP contribution in [0.2, 0.25) is 0 Å². The van der Waals surface area contributed by atoms with Crippen molar-refractivity contribution in [3.63, 3.8) is 0 Å². The fraction of sp³-hybridized carbons (Fsp3) is 0. The van der Waals surface area contributed by atoms with Crippen LogP contribution in [0, 0.1) is 0 Å². The van der Waals surface area contributed by atoms with Crippen LogP contribution in [-0.2, 0) is 0 Å². The Hall–Kier alpha value is -7.42. The molecule has 0 saturated carbocycles. The van der Waals surface area contributed by atoms with Crippen LogP contribution in [0.15, 0.2) is 206 Å². The molecule has 0 bridgehead atoms. The molecule has 0 N–H and O–H groups in total. The highest BCUT2D eigenvalue weighted by Crippen LogP contribution is 2.39. The van der Waals surface area contributed by atoms with Crippen LogP contribution in [0.1, 0.15) is 0 Å². The van der Waals surface area contributed by atoms with E-state index in [9.17, 15) is 0 Å². The highest BCUT2D eigenvalue weighted by atomic mass is 14.9. The summed E-state index contributed by atoms with van der Waals surface area (Å²) in [5, 5.41) is 11.2. The largest absolute Gasteiger partial charge is 0.228 e. The third-order valence-electron chi connectivity index (χ3n) is 11.3. The summed E-state index contributed by atoms with van der Waals surface area (Å²) < 4.78 is 0. The maximum Gasteiger partial charge on any atom is 0.160 e. The first-order valence-corrected chi connectivity index (χ1v) is 19.1. The van der Waals surface area contributed by atoms with Crippen LogP contribution in [0.3, 0.4) is 0 Å². The van der Waals surface area contributed by atoms with Gasteiger partial charge in [0, 0.05) is 16.5 Å². The van der Waals surface area contributed by atoms with E-state index < -0.39 is 0 Å². The van der Waals surface area contributed by atoms with E-state index >= 15 is 0 Å². The quantitative estimate of drug-likeness (QED) is 0.166. The summed E-state index contributed by atoms with van der Waals surface area (Å²) in [6.45, 7) is 0. The van der Waals surface area contributed by atoms with E-state index in [1.54, 1.807) is 0 Å². The van der Waals surface area contributed by atoms with E-state index in [1.165, 1.54) is 65.3 Å². The fourth-order valence-corrected chi connectivity index (χ4v) is 8.51. The van der Waals surface area contributed by atoms with Crippen molar-refractivity contribution in [3.05, 3.63) is 206 Å². The molecule has 0 saturated heterocycles. The predicted octanol–water partition coefficient (Wildman–Crippen LogP) is 14.6. The van der Waals surface area contributed by atoms with Crippen LogP contribution in [-0.4, -0.2) is 9.97 Å². The molecule has 2 nitrogen and oxygen atoms in total. The Morgan fingerprint density at radius 2 is 0.714 bits per heavy atom. The van der Waals surface area contributed by atoms with E-state index in [-0.39, 0.29) is 0 Å². The second-order valence-electron chi connectivity index (χ2n) is 14.5. The first-order valence-electron chi connectivity index (χ1n) is 19.1. The van der Waals surface area contributed by atoms with Gasteiger partial charge in [0.1, 0.15) is 0 Å². The van der Waals surface area contributed by atoms with Gasteiger partial charge in [-0.2, -0.15) is 0 Å². The topological polar surface area (TPSA) is 25.8 Å². The first-order chi connectivity index (χ1) is 27.7. The zero-order valence-electron chi connectivity index (χ0n) is 30.5. The molecule has 2 heteroatoms. The van der Waals surface area contributed by atoms with E-state index in [2.05, 4.69) is 200 Å². The maximum absolute atomic E-state index is 5.26. The van der Waals surface area contributed by atoms with Crippen molar-refractivity contribution < 1.29 is 0 Å². The molecule has 0 spiro atoms. The molecule has 11 rings (SSSR count). The van der Waals surface area contributed by atoms with Crippen molar-refractivity contribution >= 4 is 54.0 Å². The molecule has 0 aliphatic heterocycles. The molecule has 10 aromatic carbocycles. The molecule has 0 unspecified atom stereocenters. The fourth-order valence-electron chi connectivity index (χ4n) is 8.51. The molecule has 1 heterocycles. The number of hydrogen-bond acceptors (Lipinski definition) is 2. The van der Waals surface area contributed by atoms with Crippen molar-refractivity contribution in [3.8, 4) is 56.0 Å². The lowest BCUT2D eigenvalue weighted by atomic mass is 9.91. The highest BCUT2D eigenvalue weighted by molar-refractivity contribution is 6.25. The third-order valence-corrected chi connectivity index (χ3v) is 11.3. The van der Waals surface area contributed by atoms with Crippen molar-refractivity contribution in [2.45, 2.75) is 0 Å². The van der Waals surface area contributed by atoms with Crippen LogP contribution >= 0.6 is 0 Å². The van der Waals surface area contributed by atoms with Gasteiger partial charge < -0.3 is 0 Å². The molecule has 1 aromatic heterocycles. The maximum atomic E-state index is 5.26. The van der Waals surface area contributed by atoms with Crippen molar-refractivity contribution in [1.82, 2.24) is 9.97 Å². The van der Waals surface area contributed by atoms with Crippen LogP contribution in [0.5, 0.6) is 0 Å². The number of hydrogen-bond donors (Lipinski definition) is 0. The monoisotopic (exact) mass is 710 g/mol. The van der Waals surface area contributed by atoms with Gasteiger partial charge in [0.05, 0.1) is 11.2 Å². The van der Waals surface area contributed by atoms with Crippen LogP contribution in [0.4, 0.5) is 0 Å². The standard InChI is InChI=1S/C54H34N2/c1-2-18-43-35(12-1)13-11-24-44(43)36-26-28-37(29-27-36)54-55-52-25-8-7-23-50(52)53(56-54)42-17-10-16-40(33-42)38-14-9-15-39(32-38)41-30-31-49-47-21-4-3-19-45(47)46-20-5-6-22-48(46)51(49)34-41/h1-34H. The van der Waals surface area contributed by atoms with E-state index in [0.717, 1.165) is 38.9 Å². The number of para-hydroxylation sites is 1. The SMILES string of the molecule is c1cc(-c2cccc(-c3nc(-c4ccc(-c5cccc6ccccc56)cc4)nc4ccccc34)c2)cc(-c2ccc3c4ccccc4c4ccccc4c3c2)c1. The van der Waals surface area contributed by atoms with Crippen molar-refractivity contribution in [1.29, 1.82) is 0 Å². The Kier molecular flexibility index (Phi) is 7.53. The molecule has 11 aromatic rings. The Morgan fingerprint density at radius 3 is 1.41 bits per heavy atom. The number of rotatable bonds is 5. The predicted molar refractivity (Wildman–Crippen MR) is 237 cm³/mol. The van der Waals surface area contributed by atoms with Crippen LogP contribution < -0.4 is 0 Å². The highest BCUT2D eigenvalue weighted by Gasteiger charge is 2.14. The summed E-state index contributed by atoms with van der Waals surface area (Å²) in [4.78, 5) is 10.3. The zero-order chi connectivity index (χ0) is 37.0. The molecule has 0 atom stereocenters. The van der Waals surface area contributed by atoms with Gasteiger partial charge in [-0.15, -0.1) is 0 Å². The Balaban J connectivity index is 0.976. The number of nitrogens with zero attached hydrogens (tertiary/aromatic N) is 2. The molecule has 0 radical (unpaired) electrons. The normalized spacial score (nSPS) is 11.6. The van der Waals surface area contributed by atoms with E-state index in [4.69, 9.17) is 9.97 Å². The molecular formula is C54H34N2. The molecule has 260 valence electrons. The molecule has 0 amide bonds. The summed E-state index contributed by atoms with van der Waals surface area (Å²) >= 11 is 0. The van der Waals surface area contributed by atoms with Gasteiger partial charge in [0.2, 0.25) is 0 Å². The average molecular weight is 711 g/mol. The molecule has 56 heavy (non-hydrogen) atoms. The summed E-state index contributed by atoms with van der Waals surface area (Å²) in [5.74, 6) is 0.715. The molecule has 0 aliphatic carbocycles. The van der Waals surface area contributed by atoms with Gasteiger partial charge in [-0.05, 0) is 101 Å². The molecular weight excluding hydrogens is 677 g/mol. The minimum absolute atomic E-state index is 0.715. The Labute approximate surface area is 325 Å². The lowest BCUT2D eigenvalue weighted by Gasteiger charge is -2.13.